The van der Waals surface area contributed by atoms with E-state index in [-0.39, 0.29) is 5.54 Å². The Kier molecular flexibility index (Phi) is 5.40. The van der Waals surface area contributed by atoms with Crippen molar-refractivity contribution in [1.29, 1.82) is 0 Å². The minimum Gasteiger partial charge on any atom is -0.417 e. The van der Waals surface area contributed by atoms with Crippen molar-refractivity contribution in [2.24, 2.45) is 0 Å². The van der Waals surface area contributed by atoms with Gasteiger partial charge in [0.25, 0.3) is 6.85 Å². The summed E-state index contributed by atoms with van der Waals surface area (Å²) in [5.74, 6) is 0. The minimum absolute atomic E-state index is 0.216. The molecule has 2 nitrogen and oxygen atoms in total. The number of hydrogen-bond acceptors (Lipinski definition) is 2. The van der Waals surface area contributed by atoms with Gasteiger partial charge in [-0.15, -0.1) is 0 Å². The van der Waals surface area contributed by atoms with Crippen molar-refractivity contribution in [2.45, 2.75) is 85.0 Å². The molecular weight excluding hydrogens is 286 g/mol. The van der Waals surface area contributed by atoms with Crippen molar-refractivity contribution in [1.82, 2.24) is 8.95 Å². The van der Waals surface area contributed by atoms with E-state index in [0.717, 1.165) is 0 Å². The van der Waals surface area contributed by atoms with E-state index < -0.39 is 16.5 Å². The van der Waals surface area contributed by atoms with Crippen LogP contribution in [-0.4, -0.2) is 44.7 Å². The molecule has 0 N–H and O–H groups in total. The Morgan fingerprint density at radius 3 is 1.76 bits per heavy atom. The van der Waals surface area contributed by atoms with E-state index >= 15 is 0 Å². The molecule has 1 aliphatic heterocycles. The summed E-state index contributed by atoms with van der Waals surface area (Å²) < 4.78 is 2.96. The van der Waals surface area contributed by atoms with Gasteiger partial charge < -0.3 is 8.95 Å². The summed E-state index contributed by atoms with van der Waals surface area (Å²) in [5, 5.41) is 0. The second-order valence-corrected chi connectivity index (χ2v) is 19.8. The van der Waals surface area contributed by atoms with E-state index in [1.165, 1.54) is 0 Å². The quantitative estimate of drug-likeness (QED) is 0.690. The fraction of sp³-hybridized carbons (Fsp3) is 0.867. The molecule has 0 aromatic carbocycles. The average molecular weight is 322 g/mol. The summed E-state index contributed by atoms with van der Waals surface area (Å²) in [7, 11) is -2.62. The fourth-order valence-electron chi connectivity index (χ4n) is 4.47. The average Bonchev–Trinajstić information content (AvgIpc) is 2.54. The van der Waals surface area contributed by atoms with Crippen LogP contribution in [0.3, 0.4) is 0 Å². The normalized spacial score (nSPS) is 20.7. The summed E-state index contributed by atoms with van der Waals surface area (Å²) in [6.45, 7) is 28.1. The van der Waals surface area contributed by atoms with E-state index in [9.17, 15) is 0 Å². The van der Waals surface area contributed by atoms with Crippen LogP contribution >= 0.6 is 0 Å². The SMILES string of the molecule is CB1C(B(C)N([Si](C)(C)C)[Si](C)(C)C)C=CN1C(C)(C)C. The molecule has 0 amide bonds. The first-order chi connectivity index (χ1) is 9.17. The lowest BCUT2D eigenvalue weighted by atomic mass is 9.34. The van der Waals surface area contributed by atoms with Crippen LogP contribution < -0.4 is 0 Å². The first kappa shape index (κ1) is 19.1. The largest absolute Gasteiger partial charge is 0.417 e. The van der Waals surface area contributed by atoms with Crippen LogP contribution in [0.4, 0.5) is 0 Å². The summed E-state index contributed by atoms with van der Waals surface area (Å²) in [5.41, 5.74) is 0.857. The van der Waals surface area contributed by atoms with Gasteiger partial charge >= 0.3 is 0 Å². The summed E-state index contributed by atoms with van der Waals surface area (Å²) >= 11 is 0. The topological polar surface area (TPSA) is 6.48 Å². The first-order valence-corrected chi connectivity index (χ1v) is 15.3. The van der Waals surface area contributed by atoms with Crippen LogP contribution in [0.5, 0.6) is 0 Å². The molecule has 1 unspecified atom stereocenters. The Morgan fingerprint density at radius 1 is 1.05 bits per heavy atom. The molecule has 1 atom stereocenters. The Morgan fingerprint density at radius 2 is 1.48 bits per heavy atom. The zero-order valence-electron chi connectivity index (χ0n) is 16.3. The third-order valence-corrected chi connectivity index (χ3v) is 12.4. The van der Waals surface area contributed by atoms with Gasteiger partial charge in [-0.25, -0.2) is 0 Å². The molecule has 1 rings (SSSR count). The van der Waals surface area contributed by atoms with Crippen LogP contribution in [0.25, 0.3) is 0 Å². The van der Waals surface area contributed by atoms with Gasteiger partial charge in [-0.2, -0.15) is 0 Å². The van der Waals surface area contributed by atoms with E-state index in [2.05, 4.69) is 94.9 Å². The van der Waals surface area contributed by atoms with Crippen LogP contribution in [0, 0.1) is 0 Å². The number of hydrogen-bond donors (Lipinski definition) is 0. The van der Waals surface area contributed by atoms with Gasteiger partial charge in [0, 0.05) is 5.54 Å². The highest BCUT2D eigenvalue weighted by molar-refractivity contribution is 7.01. The molecule has 6 heteroatoms. The second kappa shape index (κ2) is 5.93. The van der Waals surface area contributed by atoms with Gasteiger partial charge in [-0.3, -0.25) is 0 Å². The van der Waals surface area contributed by atoms with Crippen molar-refractivity contribution >= 4 is 30.2 Å². The third-order valence-electron chi connectivity index (χ3n) is 4.65. The lowest BCUT2D eigenvalue weighted by Crippen LogP contribution is -2.66. The van der Waals surface area contributed by atoms with E-state index in [1.54, 1.807) is 0 Å². The number of nitrogens with zero attached hydrogens (tertiary/aromatic N) is 2. The zero-order valence-corrected chi connectivity index (χ0v) is 18.3. The molecule has 21 heavy (non-hydrogen) atoms. The van der Waals surface area contributed by atoms with E-state index in [0.29, 0.717) is 19.4 Å². The maximum absolute atomic E-state index is 2.96. The van der Waals surface area contributed by atoms with Crippen molar-refractivity contribution in [3.8, 4) is 0 Å². The monoisotopic (exact) mass is 322 g/mol. The molecule has 0 radical (unpaired) electrons. The van der Waals surface area contributed by atoms with Crippen LogP contribution in [0.15, 0.2) is 12.3 Å². The maximum Gasteiger partial charge on any atom is 0.252 e. The van der Waals surface area contributed by atoms with E-state index in [1.807, 2.05) is 0 Å². The second-order valence-electron chi connectivity index (χ2n) is 9.69. The van der Waals surface area contributed by atoms with Gasteiger partial charge in [0.2, 0.25) is 6.85 Å². The molecule has 120 valence electrons. The summed E-state index contributed by atoms with van der Waals surface area (Å²) in [6.07, 6.45) is 4.81. The molecule has 0 spiro atoms. The molecule has 1 aliphatic rings. The van der Waals surface area contributed by atoms with Gasteiger partial charge in [-0.1, -0.05) is 59.0 Å². The molecule has 0 saturated carbocycles. The van der Waals surface area contributed by atoms with Gasteiger partial charge in [0.05, 0.1) is 0 Å². The highest BCUT2D eigenvalue weighted by Gasteiger charge is 2.46. The molecule has 0 bridgehead atoms. The highest BCUT2D eigenvalue weighted by atomic mass is 28.4. The Hall–Kier alpha value is 0.0636. The molecule has 0 aromatic rings. The Labute approximate surface area is 136 Å². The first-order valence-electron chi connectivity index (χ1n) is 8.43. The van der Waals surface area contributed by atoms with Crippen molar-refractivity contribution in [2.75, 3.05) is 0 Å². The zero-order chi connectivity index (χ0) is 16.8. The third kappa shape index (κ3) is 4.29. The molecule has 0 aliphatic carbocycles. The highest BCUT2D eigenvalue weighted by Crippen LogP contribution is 2.35. The summed E-state index contributed by atoms with van der Waals surface area (Å²) in [4.78, 5) is 2.54. The Balaban J connectivity index is 3.03. The molecular formula is C15H36B2N2Si2. The number of allylic oxidation sites excluding steroid dienone is 1. The van der Waals surface area contributed by atoms with Crippen LogP contribution in [0.1, 0.15) is 20.8 Å². The smallest absolute Gasteiger partial charge is 0.252 e. The fourth-order valence-corrected chi connectivity index (χ4v) is 15.3. The Bertz CT molecular complexity index is 380. The molecule has 0 fully saturated rings. The lowest BCUT2D eigenvalue weighted by Gasteiger charge is -2.49. The van der Waals surface area contributed by atoms with Gasteiger partial charge in [0.15, 0.2) is 0 Å². The standard InChI is InChI=1S/C15H36B2N2Si2/c1-15(2,3)18-13-12-14(16(18)4)17(5)19(20(6,7)8)21(9,10)11/h12-14H,1-11H3. The predicted molar refractivity (Wildman–Crippen MR) is 106 cm³/mol. The van der Waals surface area contributed by atoms with Gasteiger partial charge in [0.1, 0.15) is 16.5 Å². The van der Waals surface area contributed by atoms with Gasteiger partial charge in [-0.05, 0) is 32.7 Å². The van der Waals surface area contributed by atoms with Crippen LogP contribution in [-0.2, 0) is 0 Å². The summed E-state index contributed by atoms with van der Waals surface area (Å²) in [6, 6.07) is 0. The minimum atomic E-state index is -1.31. The lowest BCUT2D eigenvalue weighted by molar-refractivity contribution is 0.327. The molecule has 0 saturated heterocycles. The van der Waals surface area contributed by atoms with Crippen molar-refractivity contribution in [3.05, 3.63) is 12.3 Å². The molecule has 0 aromatic heterocycles. The maximum atomic E-state index is 2.96. The van der Waals surface area contributed by atoms with Crippen molar-refractivity contribution < 1.29 is 0 Å². The van der Waals surface area contributed by atoms with Crippen LogP contribution in [0.2, 0.25) is 58.6 Å². The molecule has 1 heterocycles. The van der Waals surface area contributed by atoms with E-state index in [4.69, 9.17) is 0 Å². The predicted octanol–water partition coefficient (Wildman–Crippen LogP) is 4.74. The number of rotatable bonds is 4. The van der Waals surface area contributed by atoms with Crippen molar-refractivity contribution in [3.63, 3.8) is 0 Å².